The third-order valence-corrected chi connectivity index (χ3v) is 3.36. The van der Waals surface area contributed by atoms with Crippen molar-refractivity contribution in [2.24, 2.45) is 0 Å². The van der Waals surface area contributed by atoms with Gasteiger partial charge in [-0.3, -0.25) is 9.97 Å². The average molecular weight is 245 g/mol. The molecular weight excluding hydrogens is 234 g/mol. The van der Waals surface area contributed by atoms with Crippen molar-refractivity contribution in [3.8, 4) is 11.3 Å². The molecule has 19 heavy (non-hydrogen) atoms. The molecule has 0 aliphatic carbocycles. The first-order chi connectivity index (χ1) is 9.42. The molecule has 0 aliphatic rings. The fraction of sp³-hybridized carbons (Fsp3) is 0. The molecule has 0 spiro atoms. The molecule has 0 amide bonds. The second-order valence-corrected chi connectivity index (χ2v) is 4.52. The number of aromatic amines is 1. The molecule has 0 saturated carbocycles. The van der Waals surface area contributed by atoms with Gasteiger partial charge in [0, 0.05) is 40.6 Å². The van der Waals surface area contributed by atoms with Gasteiger partial charge in [-0.1, -0.05) is 18.2 Å². The predicted molar refractivity (Wildman–Crippen MR) is 76.8 cm³/mol. The summed E-state index contributed by atoms with van der Waals surface area (Å²) in [6.45, 7) is 0. The smallest absolute Gasteiger partial charge is 0.0942 e. The van der Waals surface area contributed by atoms with E-state index in [0.717, 1.165) is 27.7 Å². The van der Waals surface area contributed by atoms with Crippen molar-refractivity contribution >= 4 is 21.8 Å². The topological polar surface area (TPSA) is 41.6 Å². The van der Waals surface area contributed by atoms with Gasteiger partial charge in [-0.25, -0.2) is 0 Å². The summed E-state index contributed by atoms with van der Waals surface area (Å²) in [7, 11) is 0. The van der Waals surface area contributed by atoms with E-state index < -0.39 is 0 Å². The van der Waals surface area contributed by atoms with Gasteiger partial charge in [0.1, 0.15) is 0 Å². The SMILES string of the molecule is c1cnc2c(c1)ccc1cc(-c3ccncc3)[nH]c12. The van der Waals surface area contributed by atoms with Crippen LogP contribution in [0.15, 0.2) is 61.1 Å². The summed E-state index contributed by atoms with van der Waals surface area (Å²) in [6.07, 6.45) is 5.43. The monoisotopic (exact) mass is 245 g/mol. The van der Waals surface area contributed by atoms with Gasteiger partial charge in [0.05, 0.1) is 11.0 Å². The summed E-state index contributed by atoms with van der Waals surface area (Å²) in [6, 6.07) is 14.4. The van der Waals surface area contributed by atoms with Gasteiger partial charge in [-0.05, 0) is 24.3 Å². The zero-order valence-electron chi connectivity index (χ0n) is 10.2. The standard InChI is InChI=1S/C16H11N3/c1-2-12-3-4-13-10-14(11-5-8-17-9-6-11)19-16(13)15(12)18-7-1/h1-10,19H. The number of hydrogen-bond donors (Lipinski definition) is 1. The zero-order chi connectivity index (χ0) is 12.7. The van der Waals surface area contributed by atoms with E-state index in [1.54, 1.807) is 12.4 Å². The van der Waals surface area contributed by atoms with Crippen molar-refractivity contribution in [1.82, 2.24) is 15.0 Å². The van der Waals surface area contributed by atoms with Crippen molar-refractivity contribution in [3.63, 3.8) is 0 Å². The van der Waals surface area contributed by atoms with Gasteiger partial charge < -0.3 is 4.98 Å². The van der Waals surface area contributed by atoms with E-state index in [1.165, 1.54) is 5.39 Å². The van der Waals surface area contributed by atoms with Crippen LogP contribution in [0.4, 0.5) is 0 Å². The number of H-pyrrole nitrogens is 1. The lowest BCUT2D eigenvalue weighted by Crippen LogP contribution is -1.80. The minimum Gasteiger partial charge on any atom is -0.353 e. The maximum Gasteiger partial charge on any atom is 0.0942 e. The van der Waals surface area contributed by atoms with E-state index in [0.29, 0.717) is 0 Å². The maximum absolute atomic E-state index is 4.47. The number of fused-ring (bicyclic) bond motifs is 3. The van der Waals surface area contributed by atoms with Gasteiger partial charge in [-0.2, -0.15) is 0 Å². The van der Waals surface area contributed by atoms with Crippen LogP contribution in [0, 0.1) is 0 Å². The Balaban J connectivity index is 2.04. The molecular formula is C16H11N3. The number of benzene rings is 1. The summed E-state index contributed by atoms with van der Waals surface area (Å²) in [4.78, 5) is 12.0. The van der Waals surface area contributed by atoms with Gasteiger partial charge in [0.15, 0.2) is 0 Å². The molecule has 0 radical (unpaired) electrons. The molecule has 3 heterocycles. The number of nitrogens with one attached hydrogen (secondary N) is 1. The minimum absolute atomic E-state index is 1.01. The van der Waals surface area contributed by atoms with Crippen LogP contribution < -0.4 is 0 Å². The molecule has 0 atom stereocenters. The lowest BCUT2D eigenvalue weighted by atomic mass is 10.1. The maximum atomic E-state index is 4.47. The van der Waals surface area contributed by atoms with Crippen molar-refractivity contribution in [1.29, 1.82) is 0 Å². The van der Waals surface area contributed by atoms with Crippen molar-refractivity contribution in [2.75, 3.05) is 0 Å². The first-order valence-corrected chi connectivity index (χ1v) is 6.19. The van der Waals surface area contributed by atoms with Gasteiger partial charge in [-0.15, -0.1) is 0 Å². The van der Waals surface area contributed by atoms with Crippen LogP contribution in [-0.2, 0) is 0 Å². The molecule has 4 rings (SSSR count). The summed E-state index contributed by atoms with van der Waals surface area (Å²) < 4.78 is 0. The molecule has 3 heteroatoms. The Kier molecular flexibility index (Phi) is 2.12. The molecule has 3 nitrogen and oxygen atoms in total. The minimum atomic E-state index is 1.01. The number of pyridine rings is 2. The molecule has 90 valence electrons. The normalized spacial score (nSPS) is 11.2. The van der Waals surface area contributed by atoms with Crippen LogP contribution in [-0.4, -0.2) is 15.0 Å². The fourth-order valence-electron chi connectivity index (χ4n) is 2.43. The molecule has 4 aromatic rings. The predicted octanol–water partition coefficient (Wildman–Crippen LogP) is 3.78. The van der Waals surface area contributed by atoms with Gasteiger partial charge >= 0.3 is 0 Å². The van der Waals surface area contributed by atoms with Crippen molar-refractivity contribution in [2.45, 2.75) is 0 Å². The molecule has 3 aromatic heterocycles. The molecule has 0 unspecified atom stereocenters. The summed E-state index contributed by atoms with van der Waals surface area (Å²) in [5, 5.41) is 2.33. The van der Waals surface area contributed by atoms with Crippen LogP contribution in [0.5, 0.6) is 0 Å². The lowest BCUT2D eigenvalue weighted by molar-refractivity contribution is 1.32. The van der Waals surface area contributed by atoms with Gasteiger partial charge in [0.2, 0.25) is 0 Å². The second kappa shape index (κ2) is 3.92. The van der Waals surface area contributed by atoms with E-state index in [9.17, 15) is 0 Å². The quantitative estimate of drug-likeness (QED) is 0.554. The molecule has 0 aliphatic heterocycles. The van der Waals surface area contributed by atoms with Crippen LogP contribution in [0.1, 0.15) is 0 Å². The third-order valence-electron chi connectivity index (χ3n) is 3.36. The lowest BCUT2D eigenvalue weighted by Gasteiger charge is -1.97. The second-order valence-electron chi connectivity index (χ2n) is 4.52. The Labute approximate surface area is 110 Å². The first-order valence-electron chi connectivity index (χ1n) is 6.19. The van der Waals surface area contributed by atoms with Crippen LogP contribution in [0.3, 0.4) is 0 Å². The molecule has 1 aromatic carbocycles. The van der Waals surface area contributed by atoms with E-state index in [1.807, 2.05) is 24.4 Å². The van der Waals surface area contributed by atoms with E-state index in [2.05, 4.69) is 39.2 Å². The van der Waals surface area contributed by atoms with Crippen LogP contribution in [0.25, 0.3) is 33.1 Å². The Bertz CT molecular complexity index is 863. The highest BCUT2D eigenvalue weighted by Gasteiger charge is 2.06. The number of hydrogen-bond acceptors (Lipinski definition) is 2. The highest BCUT2D eigenvalue weighted by molar-refractivity contribution is 6.04. The Morgan fingerprint density at radius 2 is 1.68 bits per heavy atom. The summed E-state index contributed by atoms with van der Waals surface area (Å²) >= 11 is 0. The fourth-order valence-corrected chi connectivity index (χ4v) is 2.43. The van der Waals surface area contributed by atoms with E-state index in [-0.39, 0.29) is 0 Å². The van der Waals surface area contributed by atoms with Crippen molar-refractivity contribution < 1.29 is 0 Å². The Morgan fingerprint density at radius 3 is 2.58 bits per heavy atom. The number of rotatable bonds is 1. The highest BCUT2D eigenvalue weighted by atomic mass is 14.8. The van der Waals surface area contributed by atoms with Crippen molar-refractivity contribution in [3.05, 3.63) is 61.1 Å². The first kappa shape index (κ1) is 10.3. The zero-order valence-corrected chi connectivity index (χ0v) is 10.2. The van der Waals surface area contributed by atoms with Gasteiger partial charge in [0.25, 0.3) is 0 Å². The summed E-state index contributed by atoms with van der Waals surface area (Å²) in [5.41, 5.74) is 4.33. The molecule has 0 fully saturated rings. The van der Waals surface area contributed by atoms with E-state index in [4.69, 9.17) is 0 Å². The number of aromatic nitrogens is 3. The number of nitrogens with zero attached hydrogens (tertiary/aromatic N) is 2. The van der Waals surface area contributed by atoms with Crippen LogP contribution in [0.2, 0.25) is 0 Å². The third kappa shape index (κ3) is 1.59. The molecule has 1 N–H and O–H groups in total. The molecule has 0 bridgehead atoms. The largest absolute Gasteiger partial charge is 0.353 e. The highest BCUT2D eigenvalue weighted by Crippen LogP contribution is 2.28. The van der Waals surface area contributed by atoms with Crippen LogP contribution >= 0.6 is 0 Å². The average Bonchev–Trinajstić information content (AvgIpc) is 2.93. The molecule has 0 saturated heterocycles. The Hall–Kier alpha value is -2.68. The summed E-state index contributed by atoms with van der Waals surface area (Å²) in [5.74, 6) is 0. The Morgan fingerprint density at radius 1 is 0.842 bits per heavy atom. The van der Waals surface area contributed by atoms with E-state index >= 15 is 0 Å².